The highest BCUT2D eigenvalue weighted by Gasteiger charge is 2.57. The summed E-state index contributed by atoms with van der Waals surface area (Å²) in [4.78, 5) is 75.7. The zero-order chi connectivity index (χ0) is 43.9. The Morgan fingerprint density at radius 1 is 0.967 bits per heavy atom. The van der Waals surface area contributed by atoms with Crippen molar-refractivity contribution >= 4 is 29.6 Å². The number of ether oxygens (including phenoxy) is 6. The first-order valence-electron chi connectivity index (χ1n) is 20.9. The Labute approximate surface area is 353 Å². The molecule has 1 amide bonds. The van der Waals surface area contributed by atoms with E-state index in [1.807, 2.05) is 38.1 Å². The third-order valence-electron chi connectivity index (χ3n) is 12.3. The molecule has 0 bridgehead atoms. The zero-order valence-corrected chi connectivity index (χ0v) is 36.5. The third-order valence-corrected chi connectivity index (χ3v) is 12.3. The van der Waals surface area contributed by atoms with E-state index in [1.165, 1.54) is 6.92 Å². The maximum Gasteiger partial charge on any atom is 0.408 e. The molecule has 3 aliphatic rings. The van der Waals surface area contributed by atoms with E-state index in [0.717, 1.165) is 5.56 Å². The quantitative estimate of drug-likeness (QED) is 0.149. The van der Waals surface area contributed by atoms with Crippen LogP contribution in [0, 0.1) is 35.5 Å². The summed E-state index contributed by atoms with van der Waals surface area (Å²) < 4.78 is 38.1. The van der Waals surface area contributed by atoms with Crippen LogP contribution in [-0.2, 0) is 49.2 Å². The van der Waals surface area contributed by atoms with Crippen molar-refractivity contribution < 1.29 is 52.4 Å². The van der Waals surface area contributed by atoms with E-state index >= 15 is 0 Å². The second kappa shape index (κ2) is 19.8. The molecule has 326 valence electrons. The normalized spacial score (nSPS) is 35.2. The van der Waals surface area contributed by atoms with E-state index in [2.05, 4.69) is 22.1 Å². The summed E-state index contributed by atoms with van der Waals surface area (Å²) in [5.41, 5.74) is -1.60. The molecule has 60 heavy (non-hydrogen) atoms. The fraction of sp³-hybridized carbons (Fsp3) is 0.609. The molecule has 3 saturated heterocycles. The van der Waals surface area contributed by atoms with Crippen LogP contribution in [0.4, 0.5) is 4.79 Å². The van der Waals surface area contributed by atoms with Gasteiger partial charge in [0.25, 0.3) is 0 Å². The predicted octanol–water partition coefficient (Wildman–Crippen LogP) is 5.35. The molecule has 1 aromatic carbocycles. The SMILES string of the molecule is CC[C@H]1OC(=O)[C@H](C)C(=O)[C@H](C)[C@@H](O[C@@H]2O[C@H](C)C[C@H](N(C)C)[C@H]2OC(=O)c2ccccc2)[C@](C)(OCC#CCc2cccnc2)C[C@@H](C)C(=O)[C@H](C)[C@H]2NC(=O)O[C@@]21C. The number of pyridine rings is 1. The van der Waals surface area contributed by atoms with Gasteiger partial charge < -0.3 is 38.6 Å². The number of rotatable bonds is 9. The van der Waals surface area contributed by atoms with Crippen LogP contribution in [-0.4, -0.2) is 114 Å². The van der Waals surface area contributed by atoms with Crippen LogP contribution in [0.3, 0.4) is 0 Å². The van der Waals surface area contributed by atoms with Gasteiger partial charge in [0.15, 0.2) is 23.8 Å². The number of fused-ring (bicyclic) bond motifs is 1. The van der Waals surface area contributed by atoms with Gasteiger partial charge in [-0.25, -0.2) is 9.59 Å². The van der Waals surface area contributed by atoms with Gasteiger partial charge in [-0.2, -0.15) is 0 Å². The van der Waals surface area contributed by atoms with Crippen LogP contribution in [0.5, 0.6) is 0 Å². The number of hydrogen-bond donors (Lipinski definition) is 1. The summed E-state index contributed by atoms with van der Waals surface area (Å²) in [5.74, 6) is 0.178. The van der Waals surface area contributed by atoms with Crippen LogP contribution in [0.2, 0.25) is 0 Å². The van der Waals surface area contributed by atoms with Crippen molar-refractivity contribution in [3.8, 4) is 11.8 Å². The lowest BCUT2D eigenvalue weighted by molar-refractivity contribution is -0.295. The number of cyclic esters (lactones) is 1. The predicted molar refractivity (Wildman–Crippen MR) is 220 cm³/mol. The maximum atomic E-state index is 14.7. The van der Waals surface area contributed by atoms with Gasteiger partial charge in [0, 0.05) is 36.6 Å². The number of likely N-dealkylation sites (N-methyl/N-ethyl adjacent to an activating group) is 1. The van der Waals surface area contributed by atoms with Crippen molar-refractivity contribution in [2.45, 2.75) is 135 Å². The summed E-state index contributed by atoms with van der Waals surface area (Å²) in [7, 11) is 3.75. The standard InChI is InChI=1S/C46H61N3O11/c1-11-35-46(8)39(48-44(54)60-46)29(4)36(50)27(2)25-45(7,55-23-16-15-18-32-19-17-22-47-26-32)40(30(5)37(51)31(6)41(52)57-35)59-43-38(34(49(9)10)24-28(3)56-43)58-42(53)33-20-13-12-14-21-33/h12-14,17,19-22,26-31,34-35,38-40,43H,11,18,23-25H2,1-10H3,(H,48,54)/t27-,28-,29+,30+,31-,34+,35-,38-,39-,40-,43+,45-,46-/m1/s1. The second-order valence-corrected chi connectivity index (χ2v) is 17.1. The van der Waals surface area contributed by atoms with Crippen LogP contribution in [0.15, 0.2) is 54.9 Å². The van der Waals surface area contributed by atoms with Gasteiger partial charge in [0.05, 0.1) is 35.5 Å². The van der Waals surface area contributed by atoms with E-state index in [1.54, 1.807) is 84.3 Å². The highest BCUT2D eigenvalue weighted by Crippen LogP contribution is 2.41. The van der Waals surface area contributed by atoms with E-state index in [9.17, 15) is 24.0 Å². The van der Waals surface area contributed by atoms with E-state index < -0.39 is 89.3 Å². The monoisotopic (exact) mass is 831 g/mol. The van der Waals surface area contributed by atoms with E-state index in [0.29, 0.717) is 18.4 Å². The molecule has 3 fully saturated rings. The van der Waals surface area contributed by atoms with Crippen LogP contribution in [0.1, 0.15) is 90.6 Å². The largest absolute Gasteiger partial charge is 0.458 e. The number of aromatic nitrogens is 1. The topological polar surface area (TPSA) is 169 Å². The van der Waals surface area contributed by atoms with Gasteiger partial charge in [0.1, 0.15) is 24.4 Å². The lowest BCUT2D eigenvalue weighted by Crippen LogP contribution is -2.61. The van der Waals surface area contributed by atoms with E-state index in [-0.39, 0.29) is 37.4 Å². The third kappa shape index (κ3) is 10.4. The number of ketones is 2. The molecule has 0 radical (unpaired) electrons. The zero-order valence-electron chi connectivity index (χ0n) is 36.5. The summed E-state index contributed by atoms with van der Waals surface area (Å²) in [6.07, 6.45) is -0.841. The Kier molecular flexibility index (Phi) is 15.3. The molecule has 0 aliphatic carbocycles. The summed E-state index contributed by atoms with van der Waals surface area (Å²) in [6.45, 7) is 13.6. The molecule has 3 aliphatic heterocycles. The van der Waals surface area contributed by atoms with Crippen molar-refractivity contribution in [1.82, 2.24) is 15.2 Å². The van der Waals surface area contributed by atoms with Crippen LogP contribution >= 0.6 is 0 Å². The van der Waals surface area contributed by atoms with Gasteiger partial charge >= 0.3 is 18.0 Å². The number of hydrogen-bond acceptors (Lipinski definition) is 13. The Morgan fingerprint density at radius 2 is 1.68 bits per heavy atom. The van der Waals surface area contributed by atoms with Crippen molar-refractivity contribution in [3.63, 3.8) is 0 Å². The average Bonchev–Trinajstić information content (AvgIpc) is 3.54. The molecule has 1 aromatic heterocycles. The lowest BCUT2D eigenvalue weighted by atomic mass is 9.73. The number of nitrogens with one attached hydrogen (secondary N) is 1. The Balaban J connectivity index is 1.60. The molecule has 5 rings (SSSR count). The highest BCUT2D eigenvalue weighted by atomic mass is 16.7. The molecule has 4 heterocycles. The second-order valence-electron chi connectivity index (χ2n) is 17.1. The summed E-state index contributed by atoms with van der Waals surface area (Å²) in [5, 5.41) is 2.80. The minimum atomic E-state index is -1.45. The summed E-state index contributed by atoms with van der Waals surface area (Å²) >= 11 is 0. The van der Waals surface area contributed by atoms with Gasteiger partial charge in [0.2, 0.25) is 0 Å². The summed E-state index contributed by atoms with van der Waals surface area (Å²) in [6, 6.07) is 11.1. The average molecular weight is 832 g/mol. The van der Waals surface area contributed by atoms with E-state index in [4.69, 9.17) is 28.4 Å². The molecule has 13 atom stereocenters. The smallest absolute Gasteiger partial charge is 0.408 e. The van der Waals surface area contributed by atoms with Crippen LogP contribution < -0.4 is 5.32 Å². The number of nitrogens with zero attached hydrogens (tertiary/aromatic N) is 2. The molecule has 1 N–H and O–H groups in total. The molecule has 2 aromatic rings. The molecule has 0 saturated carbocycles. The van der Waals surface area contributed by atoms with Gasteiger partial charge in [-0.15, -0.1) is 0 Å². The molecule has 14 heteroatoms. The first-order valence-corrected chi connectivity index (χ1v) is 20.9. The Bertz CT molecular complexity index is 1900. The first kappa shape index (κ1) is 46.4. The minimum Gasteiger partial charge on any atom is -0.458 e. The fourth-order valence-corrected chi connectivity index (χ4v) is 8.92. The number of carbonyl (C=O) groups excluding carboxylic acids is 5. The number of benzene rings is 1. The number of Topliss-reactive ketones (excluding diaryl/α,β-unsaturated/α-hetero) is 2. The number of amides is 1. The minimum absolute atomic E-state index is 0.0326. The van der Waals surface area contributed by atoms with Gasteiger partial charge in [-0.3, -0.25) is 19.4 Å². The highest BCUT2D eigenvalue weighted by molar-refractivity contribution is 6.00. The molecule has 14 nitrogen and oxygen atoms in total. The Morgan fingerprint density at radius 3 is 2.33 bits per heavy atom. The van der Waals surface area contributed by atoms with Crippen LogP contribution in [0.25, 0.3) is 0 Å². The Hall–Kier alpha value is -4.68. The molecule has 0 unspecified atom stereocenters. The molecular weight excluding hydrogens is 771 g/mol. The number of esters is 2. The van der Waals surface area contributed by atoms with Crippen molar-refractivity contribution in [1.29, 1.82) is 0 Å². The lowest BCUT2D eigenvalue weighted by Gasteiger charge is -2.48. The van der Waals surface area contributed by atoms with Gasteiger partial charge in [-0.1, -0.05) is 63.8 Å². The van der Waals surface area contributed by atoms with Gasteiger partial charge in [-0.05, 0) is 84.8 Å². The number of alkyl carbamates (subject to hydrolysis) is 1. The molecule has 0 spiro atoms. The maximum absolute atomic E-state index is 14.7. The van der Waals surface area contributed by atoms with Crippen molar-refractivity contribution in [2.24, 2.45) is 23.7 Å². The van der Waals surface area contributed by atoms with Crippen molar-refractivity contribution in [2.75, 3.05) is 20.7 Å². The molecular formula is C46H61N3O11. The van der Waals surface area contributed by atoms with Crippen molar-refractivity contribution in [3.05, 3.63) is 66.0 Å². The first-order chi connectivity index (χ1) is 28.4. The fourth-order valence-electron chi connectivity index (χ4n) is 8.92. The number of carbonyl (C=O) groups is 5.